The molecule has 146 valence electrons. The van der Waals surface area contributed by atoms with Crippen molar-refractivity contribution in [2.24, 2.45) is 0 Å². The standard InChI is InChI=1S/C16H34O7S/c1-2-3-4-5-6-7-8-9-10-20-11-12-21-13-14-22-15-16-23-24(17,18)19/h2-16H2,1H3,(H,17,18,19). The van der Waals surface area contributed by atoms with Crippen LogP contribution in [0.2, 0.25) is 0 Å². The van der Waals surface area contributed by atoms with Crippen LogP contribution in [-0.4, -0.2) is 59.2 Å². The summed E-state index contributed by atoms with van der Waals surface area (Å²) in [4.78, 5) is 0. The van der Waals surface area contributed by atoms with Crippen LogP contribution in [-0.2, 0) is 28.8 Å². The Hall–Kier alpha value is -0.250. The lowest BCUT2D eigenvalue weighted by Crippen LogP contribution is -2.13. The van der Waals surface area contributed by atoms with Gasteiger partial charge < -0.3 is 14.2 Å². The first-order chi connectivity index (χ1) is 11.6. The maximum absolute atomic E-state index is 10.2. The van der Waals surface area contributed by atoms with Crippen LogP contribution in [0, 0.1) is 0 Å². The van der Waals surface area contributed by atoms with Gasteiger partial charge in [-0.25, -0.2) is 4.18 Å². The van der Waals surface area contributed by atoms with Gasteiger partial charge in [-0.1, -0.05) is 51.9 Å². The van der Waals surface area contributed by atoms with E-state index in [4.69, 9.17) is 18.8 Å². The second-order valence-corrected chi connectivity index (χ2v) is 6.65. The maximum Gasteiger partial charge on any atom is 0.397 e. The van der Waals surface area contributed by atoms with Crippen LogP contribution in [0.4, 0.5) is 0 Å². The average molecular weight is 371 g/mol. The van der Waals surface area contributed by atoms with Gasteiger partial charge in [-0.2, -0.15) is 8.42 Å². The van der Waals surface area contributed by atoms with Crippen molar-refractivity contribution in [1.29, 1.82) is 0 Å². The Balaban J connectivity index is 3.03. The maximum atomic E-state index is 10.2. The molecular formula is C16H34O7S. The van der Waals surface area contributed by atoms with E-state index >= 15 is 0 Å². The van der Waals surface area contributed by atoms with Gasteiger partial charge >= 0.3 is 10.4 Å². The minimum Gasteiger partial charge on any atom is -0.379 e. The highest BCUT2D eigenvalue weighted by Crippen LogP contribution is 2.08. The van der Waals surface area contributed by atoms with Gasteiger partial charge in [-0.05, 0) is 6.42 Å². The first kappa shape index (κ1) is 23.8. The Labute approximate surface area is 147 Å². The SMILES string of the molecule is CCCCCCCCCCOCCOCCOCCOS(=O)(=O)O. The summed E-state index contributed by atoms with van der Waals surface area (Å²) < 4.78 is 48.7. The number of unbranched alkanes of at least 4 members (excludes halogenated alkanes) is 7. The highest BCUT2D eigenvalue weighted by atomic mass is 32.3. The molecule has 0 aliphatic carbocycles. The van der Waals surface area contributed by atoms with Gasteiger partial charge in [0.25, 0.3) is 0 Å². The van der Waals surface area contributed by atoms with Crippen LogP contribution in [0.1, 0.15) is 58.3 Å². The highest BCUT2D eigenvalue weighted by Gasteiger charge is 2.02. The third-order valence-electron chi connectivity index (χ3n) is 3.35. The van der Waals surface area contributed by atoms with Crippen molar-refractivity contribution in [1.82, 2.24) is 0 Å². The molecule has 7 nitrogen and oxygen atoms in total. The summed E-state index contributed by atoms with van der Waals surface area (Å²) in [6, 6.07) is 0. The third kappa shape index (κ3) is 21.8. The Kier molecular flexibility index (Phi) is 17.4. The lowest BCUT2D eigenvalue weighted by molar-refractivity contribution is 0.00854. The number of ether oxygens (including phenoxy) is 3. The van der Waals surface area contributed by atoms with Crippen LogP contribution in [0.3, 0.4) is 0 Å². The van der Waals surface area contributed by atoms with E-state index in [-0.39, 0.29) is 13.2 Å². The summed E-state index contributed by atoms with van der Waals surface area (Å²) >= 11 is 0. The summed E-state index contributed by atoms with van der Waals surface area (Å²) in [6.07, 6.45) is 10.3. The lowest BCUT2D eigenvalue weighted by atomic mass is 10.1. The minimum absolute atomic E-state index is 0.0814. The third-order valence-corrected chi connectivity index (χ3v) is 3.81. The fraction of sp³-hybridized carbons (Fsp3) is 1.00. The molecule has 0 saturated heterocycles. The van der Waals surface area contributed by atoms with Gasteiger partial charge in [0, 0.05) is 6.61 Å². The molecule has 24 heavy (non-hydrogen) atoms. The number of rotatable bonds is 19. The molecule has 0 spiro atoms. The zero-order valence-corrected chi connectivity index (χ0v) is 15.7. The van der Waals surface area contributed by atoms with E-state index in [2.05, 4.69) is 11.1 Å². The monoisotopic (exact) mass is 370 g/mol. The lowest BCUT2D eigenvalue weighted by Gasteiger charge is -2.07. The summed E-state index contributed by atoms with van der Waals surface area (Å²) in [7, 11) is -4.37. The first-order valence-electron chi connectivity index (χ1n) is 8.91. The van der Waals surface area contributed by atoms with E-state index in [1.165, 1.54) is 44.9 Å². The molecule has 0 saturated carbocycles. The molecule has 0 aliphatic rings. The van der Waals surface area contributed by atoms with Gasteiger partial charge in [-0.15, -0.1) is 0 Å². The molecule has 0 atom stereocenters. The molecule has 8 heteroatoms. The van der Waals surface area contributed by atoms with Crippen molar-refractivity contribution in [3.8, 4) is 0 Å². The Morgan fingerprint density at radius 3 is 1.54 bits per heavy atom. The molecule has 1 N–H and O–H groups in total. The second kappa shape index (κ2) is 17.6. The van der Waals surface area contributed by atoms with Gasteiger partial charge in [-0.3, -0.25) is 4.55 Å². The van der Waals surface area contributed by atoms with Gasteiger partial charge in [0.15, 0.2) is 0 Å². The second-order valence-electron chi connectivity index (χ2n) is 5.56. The quantitative estimate of drug-likeness (QED) is 0.276. The molecule has 0 heterocycles. The topological polar surface area (TPSA) is 91.3 Å². The molecule has 0 rings (SSSR count). The fourth-order valence-electron chi connectivity index (χ4n) is 2.08. The molecule has 0 radical (unpaired) electrons. The van der Waals surface area contributed by atoms with E-state index in [9.17, 15) is 8.42 Å². The summed E-state index contributed by atoms with van der Waals surface area (Å²) in [5.41, 5.74) is 0. The van der Waals surface area contributed by atoms with Crippen LogP contribution >= 0.6 is 0 Å². The predicted molar refractivity (Wildman–Crippen MR) is 92.6 cm³/mol. The van der Waals surface area contributed by atoms with Crippen molar-refractivity contribution in [2.45, 2.75) is 58.3 Å². The molecule has 0 bridgehead atoms. The van der Waals surface area contributed by atoms with E-state index in [0.29, 0.717) is 26.4 Å². The largest absolute Gasteiger partial charge is 0.397 e. The van der Waals surface area contributed by atoms with Crippen molar-refractivity contribution < 1.29 is 31.4 Å². The van der Waals surface area contributed by atoms with Crippen molar-refractivity contribution in [3.63, 3.8) is 0 Å². The molecule has 0 fully saturated rings. The summed E-state index contributed by atoms with van der Waals surface area (Å²) in [6.45, 7) is 4.72. The zero-order chi connectivity index (χ0) is 17.9. The van der Waals surface area contributed by atoms with Crippen molar-refractivity contribution in [2.75, 3.05) is 46.2 Å². The summed E-state index contributed by atoms with van der Waals surface area (Å²) in [5.74, 6) is 0. The van der Waals surface area contributed by atoms with E-state index in [1.54, 1.807) is 0 Å². The molecular weight excluding hydrogens is 336 g/mol. The molecule has 0 aromatic carbocycles. The minimum atomic E-state index is -4.37. The Morgan fingerprint density at radius 1 is 0.625 bits per heavy atom. The van der Waals surface area contributed by atoms with Crippen LogP contribution in [0.25, 0.3) is 0 Å². The van der Waals surface area contributed by atoms with Crippen LogP contribution < -0.4 is 0 Å². The van der Waals surface area contributed by atoms with Gasteiger partial charge in [0.1, 0.15) is 0 Å². The molecule has 0 unspecified atom stereocenters. The van der Waals surface area contributed by atoms with Crippen molar-refractivity contribution in [3.05, 3.63) is 0 Å². The molecule has 0 aromatic heterocycles. The number of hydrogen-bond donors (Lipinski definition) is 1. The van der Waals surface area contributed by atoms with Gasteiger partial charge in [0.2, 0.25) is 0 Å². The highest BCUT2D eigenvalue weighted by molar-refractivity contribution is 7.80. The van der Waals surface area contributed by atoms with E-state index in [1.807, 2.05) is 0 Å². The Morgan fingerprint density at radius 2 is 1.04 bits per heavy atom. The smallest absolute Gasteiger partial charge is 0.379 e. The molecule has 0 amide bonds. The van der Waals surface area contributed by atoms with Crippen molar-refractivity contribution >= 4 is 10.4 Å². The molecule has 0 aromatic rings. The van der Waals surface area contributed by atoms with Gasteiger partial charge in [0.05, 0.1) is 39.6 Å². The summed E-state index contributed by atoms with van der Waals surface area (Å²) in [5, 5.41) is 0. The van der Waals surface area contributed by atoms with Crippen LogP contribution in [0.5, 0.6) is 0 Å². The van der Waals surface area contributed by atoms with E-state index in [0.717, 1.165) is 13.0 Å². The Bertz CT molecular complexity index is 346. The fourth-order valence-corrected chi connectivity index (χ4v) is 2.36. The average Bonchev–Trinajstić information content (AvgIpc) is 2.52. The van der Waals surface area contributed by atoms with E-state index < -0.39 is 10.4 Å². The normalized spacial score (nSPS) is 11.9. The number of hydrogen-bond acceptors (Lipinski definition) is 6. The predicted octanol–water partition coefficient (Wildman–Crippen LogP) is 3.00. The first-order valence-corrected chi connectivity index (χ1v) is 10.3. The zero-order valence-electron chi connectivity index (χ0n) is 14.9. The molecule has 0 aliphatic heterocycles. The van der Waals surface area contributed by atoms with Crippen LogP contribution in [0.15, 0.2) is 0 Å².